The van der Waals surface area contributed by atoms with Crippen molar-refractivity contribution in [3.8, 4) is 5.69 Å². The summed E-state index contributed by atoms with van der Waals surface area (Å²) < 4.78 is 21.6. The highest BCUT2D eigenvalue weighted by Crippen LogP contribution is 2.28. The Kier molecular flexibility index (Phi) is 7.98. The van der Waals surface area contributed by atoms with Gasteiger partial charge in [-0.2, -0.15) is 5.10 Å². The molecular formula is C26H30ClFN4O2. The lowest BCUT2D eigenvalue weighted by Crippen LogP contribution is -2.35. The van der Waals surface area contributed by atoms with Crippen LogP contribution < -0.4 is 0 Å². The summed E-state index contributed by atoms with van der Waals surface area (Å²) in [6, 6.07) is 13.7. The summed E-state index contributed by atoms with van der Waals surface area (Å²) in [7, 11) is 1.59. The molecule has 2 heterocycles. The number of benzene rings is 2. The lowest BCUT2D eigenvalue weighted by atomic mass is 10.0. The predicted molar refractivity (Wildman–Crippen MR) is 131 cm³/mol. The molecule has 0 aliphatic carbocycles. The minimum absolute atomic E-state index is 0.0503. The van der Waals surface area contributed by atoms with Gasteiger partial charge in [-0.15, -0.1) is 0 Å². The van der Waals surface area contributed by atoms with Crippen LogP contribution in [0.15, 0.2) is 48.5 Å². The molecule has 4 rings (SSSR count). The Balaban J connectivity index is 1.72. The summed E-state index contributed by atoms with van der Waals surface area (Å²) >= 11 is 6.26. The Labute approximate surface area is 204 Å². The lowest BCUT2D eigenvalue weighted by Gasteiger charge is -2.28. The molecule has 0 fully saturated rings. The number of hydrogen-bond donors (Lipinski definition) is 0. The molecule has 6 nitrogen and oxygen atoms in total. The van der Waals surface area contributed by atoms with E-state index in [1.165, 1.54) is 12.1 Å². The van der Waals surface area contributed by atoms with Crippen LogP contribution in [0.1, 0.15) is 40.7 Å². The number of hydrogen-bond acceptors (Lipinski definition) is 4. The smallest absolute Gasteiger partial charge is 0.257 e. The first-order chi connectivity index (χ1) is 16.5. The molecule has 180 valence electrons. The highest BCUT2D eigenvalue weighted by atomic mass is 35.5. The number of carbonyl (C=O) groups excluding carboxylic acids is 1. The Bertz CT molecular complexity index is 1150. The van der Waals surface area contributed by atoms with Crippen molar-refractivity contribution >= 4 is 17.5 Å². The van der Waals surface area contributed by atoms with Crippen molar-refractivity contribution in [2.24, 2.45) is 0 Å². The van der Waals surface area contributed by atoms with Crippen molar-refractivity contribution in [3.63, 3.8) is 0 Å². The van der Waals surface area contributed by atoms with Gasteiger partial charge < -0.3 is 9.64 Å². The van der Waals surface area contributed by atoms with E-state index in [-0.39, 0.29) is 18.0 Å². The van der Waals surface area contributed by atoms with Gasteiger partial charge in [-0.05, 0) is 43.3 Å². The number of nitrogens with zero attached hydrogens (tertiary/aromatic N) is 4. The number of amides is 1. The van der Waals surface area contributed by atoms with Crippen LogP contribution in [-0.4, -0.2) is 58.8 Å². The number of halogens is 2. The lowest BCUT2D eigenvalue weighted by molar-refractivity contribution is 0.0672. The molecule has 0 radical (unpaired) electrons. The van der Waals surface area contributed by atoms with Crippen molar-refractivity contribution in [3.05, 3.63) is 81.9 Å². The third kappa shape index (κ3) is 5.32. The summed E-state index contributed by atoms with van der Waals surface area (Å²) in [5, 5.41) is 5.59. The van der Waals surface area contributed by atoms with Crippen molar-refractivity contribution in [1.82, 2.24) is 19.6 Å². The molecular weight excluding hydrogens is 455 g/mol. The van der Waals surface area contributed by atoms with E-state index in [1.807, 2.05) is 28.9 Å². The minimum atomic E-state index is -0.532. The number of ether oxygens (including phenoxy) is 1. The van der Waals surface area contributed by atoms with Crippen LogP contribution in [0.2, 0.25) is 5.02 Å². The molecule has 34 heavy (non-hydrogen) atoms. The molecule has 3 aromatic rings. The average molecular weight is 485 g/mol. The van der Waals surface area contributed by atoms with Crippen molar-refractivity contribution in [2.45, 2.75) is 32.9 Å². The molecule has 1 aliphatic rings. The minimum Gasteiger partial charge on any atom is -0.383 e. The van der Waals surface area contributed by atoms with Gasteiger partial charge in [-0.25, -0.2) is 9.07 Å². The summed E-state index contributed by atoms with van der Waals surface area (Å²) in [4.78, 5) is 17.3. The quantitative estimate of drug-likeness (QED) is 0.441. The third-order valence-corrected chi connectivity index (χ3v) is 6.34. The average Bonchev–Trinajstić information content (AvgIpc) is 3.19. The van der Waals surface area contributed by atoms with E-state index in [4.69, 9.17) is 21.4 Å². The fourth-order valence-electron chi connectivity index (χ4n) is 4.44. The molecule has 2 aromatic carbocycles. The number of methoxy groups -OCH3 is 1. The van der Waals surface area contributed by atoms with E-state index in [2.05, 4.69) is 11.8 Å². The molecule has 8 heteroatoms. The van der Waals surface area contributed by atoms with Crippen LogP contribution in [0, 0.1) is 5.82 Å². The van der Waals surface area contributed by atoms with Gasteiger partial charge in [0.2, 0.25) is 0 Å². The van der Waals surface area contributed by atoms with E-state index in [0.29, 0.717) is 18.2 Å². The SMILES string of the molecule is CCCN1CCc2c(c(CN(CCOC)C(=O)c3ccccc3F)nn2-c2cccc(Cl)c2)C1. The highest BCUT2D eigenvalue weighted by Gasteiger charge is 2.28. The zero-order chi connectivity index (χ0) is 24.1. The zero-order valence-corrected chi connectivity index (χ0v) is 20.4. The third-order valence-electron chi connectivity index (χ3n) is 6.11. The Morgan fingerprint density at radius 2 is 2.06 bits per heavy atom. The fourth-order valence-corrected chi connectivity index (χ4v) is 4.62. The standard InChI is InChI=1S/C26H30ClFN4O2/c1-3-12-30-13-11-25-22(17-30)24(29-32(25)20-8-6-7-19(27)16-20)18-31(14-15-34-2)26(33)21-9-4-5-10-23(21)28/h4-10,16H,3,11-15,17-18H2,1-2H3. The molecule has 1 aliphatic heterocycles. The van der Waals surface area contributed by atoms with E-state index < -0.39 is 5.82 Å². The van der Waals surface area contributed by atoms with Gasteiger partial charge >= 0.3 is 0 Å². The van der Waals surface area contributed by atoms with Crippen LogP contribution in [0.5, 0.6) is 0 Å². The normalized spacial score (nSPS) is 13.6. The predicted octanol–water partition coefficient (Wildman–Crippen LogP) is 4.72. The largest absolute Gasteiger partial charge is 0.383 e. The molecule has 0 saturated heterocycles. The van der Waals surface area contributed by atoms with Crippen LogP contribution in [0.25, 0.3) is 5.69 Å². The first kappa shape index (κ1) is 24.4. The zero-order valence-electron chi connectivity index (χ0n) is 19.6. The summed E-state index contributed by atoms with van der Waals surface area (Å²) in [5.74, 6) is -0.905. The number of aromatic nitrogens is 2. The second-order valence-electron chi connectivity index (χ2n) is 8.49. The molecule has 1 amide bonds. The number of rotatable bonds is 9. The van der Waals surface area contributed by atoms with Gasteiger partial charge in [0.15, 0.2) is 0 Å². The van der Waals surface area contributed by atoms with Crippen LogP contribution in [-0.2, 0) is 24.2 Å². The Morgan fingerprint density at radius 3 is 2.79 bits per heavy atom. The molecule has 0 unspecified atom stereocenters. The van der Waals surface area contributed by atoms with Crippen LogP contribution >= 0.6 is 11.6 Å². The number of fused-ring (bicyclic) bond motifs is 1. The van der Waals surface area contributed by atoms with E-state index in [0.717, 1.165) is 55.1 Å². The first-order valence-electron chi connectivity index (χ1n) is 11.6. The van der Waals surface area contributed by atoms with E-state index >= 15 is 0 Å². The summed E-state index contributed by atoms with van der Waals surface area (Å²) in [6.07, 6.45) is 1.92. The second kappa shape index (κ2) is 11.1. The Hall–Kier alpha value is -2.74. The summed E-state index contributed by atoms with van der Waals surface area (Å²) in [6.45, 7) is 5.85. The molecule has 0 bridgehead atoms. The molecule has 0 spiro atoms. The number of carbonyl (C=O) groups is 1. The fraction of sp³-hybridized carbons (Fsp3) is 0.385. The van der Waals surface area contributed by atoms with Gasteiger partial charge in [0.1, 0.15) is 5.82 Å². The monoisotopic (exact) mass is 484 g/mol. The van der Waals surface area contributed by atoms with Gasteiger partial charge in [0, 0.05) is 43.8 Å². The van der Waals surface area contributed by atoms with Gasteiger partial charge in [-0.1, -0.05) is 36.7 Å². The van der Waals surface area contributed by atoms with Crippen LogP contribution in [0.3, 0.4) is 0 Å². The van der Waals surface area contributed by atoms with Crippen LogP contribution in [0.4, 0.5) is 4.39 Å². The van der Waals surface area contributed by atoms with Gasteiger partial charge in [0.05, 0.1) is 35.8 Å². The van der Waals surface area contributed by atoms with Crippen molar-refractivity contribution in [2.75, 3.05) is 33.4 Å². The van der Waals surface area contributed by atoms with Crippen molar-refractivity contribution in [1.29, 1.82) is 0 Å². The topological polar surface area (TPSA) is 50.6 Å². The van der Waals surface area contributed by atoms with Gasteiger partial charge in [0.25, 0.3) is 5.91 Å². The maximum Gasteiger partial charge on any atom is 0.257 e. The van der Waals surface area contributed by atoms with Gasteiger partial charge in [-0.3, -0.25) is 9.69 Å². The summed E-state index contributed by atoms with van der Waals surface area (Å²) in [5.41, 5.74) is 4.02. The van der Waals surface area contributed by atoms with E-state index in [1.54, 1.807) is 24.1 Å². The van der Waals surface area contributed by atoms with Crippen molar-refractivity contribution < 1.29 is 13.9 Å². The molecule has 0 saturated carbocycles. The molecule has 0 atom stereocenters. The maximum atomic E-state index is 14.4. The maximum absolute atomic E-state index is 14.4. The second-order valence-corrected chi connectivity index (χ2v) is 8.93. The highest BCUT2D eigenvalue weighted by molar-refractivity contribution is 6.30. The first-order valence-corrected chi connectivity index (χ1v) is 12.0. The van der Waals surface area contributed by atoms with E-state index in [9.17, 15) is 9.18 Å². The molecule has 0 N–H and O–H groups in total. The molecule has 1 aromatic heterocycles. The Morgan fingerprint density at radius 1 is 1.24 bits per heavy atom.